The number of rotatable bonds is 0. The van der Waals surface area contributed by atoms with Crippen molar-refractivity contribution in [1.82, 2.24) is 9.88 Å². The molecule has 2 amide bonds. The molecule has 5 nitrogen and oxygen atoms in total. The first-order chi connectivity index (χ1) is 10.3. The third kappa shape index (κ3) is 2.63. The fraction of sp³-hybridized carbons (Fsp3) is 0.375. The molecule has 0 saturated heterocycles. The molecule has 116 valence electrons. The molecule has 0 bridgehead atoms. The topological polar surface area (TPSA) is 62.4 Å². The predicted octanol–water partition coefficient (Wildman–Crippen LogP) is 3.86. The van der Waals surface area contributed by atoms with E-state index < -0.39 is 11.7 Å². The van der Waals surface area contributed by atoms with Crippen LogP contribution in [-0.2, 0) is 11.2 Å². The second-order valence-electron chi connectivity index (χ2n) is 6.36. The van der Waals surface area contributed by atoms with Gasteiger partial charge in [0.25, 0.3) is 5.91 Å². The van der Waals surface area contributed by atoms with Crippen LogP contribution in [0.1, 0.15) is 36.8 Å². The summed E-state index contributed by atoms with van der Waals surface area (Å²) in [6.45, 7) is 5.68. The fourth-order valence-corrected chi connectivity index (χ4v) is 2.97. The molecule has 0 saturated carbocycles. The molecule has 0 aliphatic carbocycles. The van der Waals surface area contributed by atoms with Crippen LogP contribution in [0.25, 0.3) is 10.9 Å². The zero-order chi connectivity index (χ0) is 16.1. The summed E-state index contributed by atoms with van der Waals surface area (Å²) >= 11 is 3.44. The maximum absolute atomic E-state index is 12.6. The number of amides is 2. The zero-order valence-corrected chi connectivity index (χ0v) is 14.3. The Morgan fingerprint density at radius 1 is 1.36 bits per heavy atom. The normalized spacial score (nSPS) is 15.1. The van der Waals surface area contributed by atoms with Gasteiger partial charge in [-0.3, -0.25) is 4.79 Å². The number of carbonyl (C=O) groups excluding carboxylic acids is 2. The number of carbonyl (C=O) groups is 2. The Balaban J connectivity index is 1.96. The van der Waals surface area contributed by atoms with Crippen molar-refractivity contribution in [2.24, 2.45) is 0 Å². The monoisotopic (exact) mass is 364 g/mol. The van der Waals surface area contributed by atoms with Gasteiger partial charge in [0.05, 0.1) is 0 Å². The van der Waals surface area contributed by atoms with Crippen molar-refractivity contribution in [3.8, 4) is 0 Å². The van der Waals surface area contributed by atoms with E-state index in [0.717, 1.165) is 25.8 Å². The van der Waals surface area contributed by atoms with Crippen molar-refractivity contribution < 1.29 is 14.3 Å². The van der Waals surface area contributed by atoms with E-state index in [1.165, 1.54) is 0 Å². The third-order valence-corrected chi connectivity index (χ3v) is 4.02. The highest BCUT2D eigenvalue weighted by atomic mass is 79.9. The molecule has 1 aromatic carbocycles. The van der Waals surface area contributed by atoms with Crippen LogP contribution in [0.5, 0.6) is 0 Å². The SMILES string of the molecule is CC(C)(C)OC(=O)N1CCc2c([nH]c3ccc(Br)cc23)C1=O. The third-order valence-electron chi connectivity index (χ3n) is 3.53. The Bertz CT molecular complexity index is 774. The zero-order valence-electron chi connectivity index (χ0n) is 12.7. The molecule has 0 atom stereocenters. The number of hydrogen-bond donors (Lipinski definition) is 1. The molecule has 3 rings (SSSR count). The summed E-state index contributed by atoms with van der Waals surface area (Å²) < 4.78 is 6.26. The number of nitrogens with zero attached hydrogens (tertiary/aromatic N) is 1. The van der Waals surface area contributed by atoms with Gasteiger partial charge in [0, 0.05) is 21.9 Å². The predicted molar refractivity (Wildman–Crippen MR) is 87.0 cm³/mol. The Labute approximate surface area is 136 Å². The molecule has 1 N–H and O–H groups in total. The minimum absolute atomic E-state index is 0.331. The highest BCUT2D eigenvalue weighted by Gasteiger charge is 2.34. The van der Waals surface area contributed by atoms with Crippen molar-refractivity contribution in [1.29, 1.82) is 0 Å². The molecule has 2 aromatic rings. The summed E-state index contributed by atoms with van der Waals surface area (Å²) in [5.41, 5.74) is 1.71. The van der Waals surface area contributed by atoms with E-state index in [0.29, 0.717) is 18.7 Å². The van der Waals surface area contributed by atoms with Crippen LogP contribution in [0.2, 0.25) is 0 Å². The van der Waals surface area contributed by atoms with Crippen molar-refractivity contribution in [2.75, 3.05) is 6.54 Å². The van der Waals surface area contributed by atoms with Gasteiger partial charge in [0.2, 0.25) is 0 Å². The Morgan fingerprint density at radius 3 is 2.77 bits per heavy atom. The van der Waals surface area contributed by atoms with Crippen LogP contribution in [-0.4, -0.2) is 34.0 Å². The lowest BCUT2D eigenvalue weighted by Gasteiger charge is -2.28. The van der Waals surface area contributed by atoms with Gasteiger partial charge in [-0.05, 0) is 51.0 Å². The Kier molecular flexibility index (Phi) is 3.51. The number of ether oxygens (including phenoxy) is 1. The first-order valence-electron chi connectivity index (χ1n) is 7.11. The van der Waals surface area contributed by atoms with Gasteiger partial charge in [-0.15, -0.1) is 0 Å². The molecular formula is C16H17BrN2O3. The molecule has 0 unspecified atom stereocenters. The van der Waals surface area contributed by atoms with E-state index >= 15 is 0 Å². The molecular weight excluding hydrogens is 348 g/mol. The van der Waals surface area contributed by atoms with Gasteiger partial charge < -0.3 is 9.72 Å². The number of imide groups is 1. The lowest BCUT2D eigenvalue weighted by molar-refractivity contribution is 0.0232. The summed E-state index contributed by atoms with van der Waals surface area (Å²) in [6, 6.07) is 5.82. The highest BCUT2D eigenvalue weighted by Crippen LogP contribution is 2.30. The van der Waals surface area contributed by atoms with E-state index in [1.54, 1.807) is 20.8 Å². The molecule has 2 heterocycles. The maximum atomic E-state index is 12.6. The number of aromatic amines is 1. The largest absolute Gasteiger partial charge is 0.443 e. The lowest BCUT2D eigenvalue weighted by atomic mass is 10.0. The van der Waals surface area contributed by atoms with E-state index in [2.05, 4.69) is 20.9 Å². The number of hydrogen-bond acceptors (Lipinski definition) is 3. The van der Waals surface area contributed by atoms with Crippen molar-refractivity contribution in [3.63, 3.8) is 0 Å². The van der Waals surface area contributed by atoms with E-state index in [4.69, 9.17) is 4.74 Å². The van der Waals surface area contributed by atoms with E-state index in [-0.39, 0.29) is 5.91 Å². The maximum Gasteiger partial charge on any atom is 0.417 e. The second kappa shape index (κ2) is 5.12. The van der Waals surface area contributed by atoms with Crippen molar-refractivity contribution in [3.05, 3.63) is 33.9 Å². The van der Waals surface area contributed by atoms with Crippen LogP contribution in [0.3, 0.4) is 0 Å². The molecule has 1 aromatic heterocycles. The van der Waals surface area contributed by atoms with Gasteiger partial charge in [0.15, 0.2) is 0 Å². The minimum Gasteiger partial charge on any atom is -0.443 e. The van der Waals surface area contributed by atoms with Gasteiger partial charge in [-0.1, -0.05) is 15.9 Å². The molecule has 0 fully saturated rings. The van der Waals surface area contributed by atoms with Crippen LogP contribution in [0, 0.1) is 0 Å². The second-order valence-corrected chi connectivity index (χ2v) is 7.27. The quantitative estimate of drug-likeness (QED) is 0.771. The fourth-order valence-electron chi connectivity index (χ4n) is 2.61. The molecule has 0 radical (unpaired) electrons. The number of H-pyrrole nitrogens is 1. The Morgan fingerprint density at radius 2 is 2.09 bits per heavy atom. The van der Waals surface area contributed by atoms with Crippen molar-refractivity contribution in [2.45, 2.75) is 32.8 Å². The first-order valence-corrected chi connectivity index (χ1v) is 7.90. The van der Waals surface area contributed by atoms with Crippen molar-refractivity contribution >= 4 is 38.8 Å². The minimum atomic E-state index is -0.622. The smallest absolute Gasteiger partial charge is 0.417 e. The van der Waals surface area contributed by atoms with E-state index in [1.807, 2.05) is 18.2 Å². The van der Waals surface area contributed by atoms with Gasteiger partial charge >= 0.3 is 6.09 Å². The van der Waals surface area contributed by atoms with E-state index in [9.17, 15) is 9.59 Å². The lowest BCUT2D eigenvalue weighted by Crippen LogP contribution is -2.44. The number of nitrogens with one attached hydrogen (secondary N) is 1. The molecule has 1 aliphatic rings. The molecule has 0 spiro atoms. The van der Waals surface area contributed by atoms with Gasteiger partial charge in [-0.25, -0.2) is 9.69 Å². The summed E-state index contributed by atoms with van der Waals surface area (Å²) in [5.74, 6) is -0.331. The summed E-state index contributed by atoms with van der Waals surface area (Å²) in [7, 11) is 0. The Hall–Kier alpha value is -1.82. The van der Waals surface area contributed by atoms with Crippen LogP contribution in [0.15, 0.2) is 22.7 Å². The average molecular weight is 365 g/mol. The first kappa shape index (κ1) is 15.1. The van der Waals surface area contributed by atoms with Gasteiger partial charge in [-0.2, -0.15) is 0 Å². The molecule has 6 heteroatoms. The average Bonchev–Trinajstić information content (AvgIpc) is 2.76. The number of halogens is 1. The number of fused-ring (bicyclic) bond motifs is 3. The van der Waals surface area contributed by atoms with Crippen LogP contribution in [0.4, 0.5) is 4.79 Å². The summed E-state index contributed by atoms with van der Waals surface area (Å²) in [5, 5.41) is 1.02. The van der Waals surface area contributed by atoms with Crippen LogP contribution >= 0.6 is 15.9 Å². The molecule has 1 aliphatic heterocycles. The highest BCUT2D eigenvalue weighted by molar-refractivity contribution is 9.10. The molecule has 22 heavy (non-hydrogen) atoms. The summed E-state index contributed by atoms with van der Waals surface area (Å²) in [4.78, 5) is 29.0. The van der Waals surface area contributed by atoms with Gasteiger partial charge in [0.1, 0.15) is 11.3 Å². The summed E-state index contributed by atoms with van der Waals surface area (Å²) in [6.07, 6.45) is 0.0273. The number of benzene rings is 1. The van der Waals surface area contributed by atoms with Crippen LogP contribution < -0.4 is 0 Å². The number of aromatic nitrogens is 1. The standard InChI is InChI=1S/C16H17BrN2O3/c1-16(2,3)22-15(21)19-7-6-10-11-8-9(17)4-5-12(11)18-13(10)14(19)20/h4-5,8,18H,6-7H2,1-3H3.